The van der Waals surface area contributed by atoms with Crippen molar-refractivity contribution in [2.45, 2.75) is 438 Å². The van der Waals surface area contributed by atoms with Crippen molar-refractivity contribution in [3.05, 3.63) is 24.3 Å². The highest BCUT2D eigenvalue weighted by atomic mass is 16.6. The molecule has 6 atom stereocenters. The molecular formula is C92H170N12O18. The molecule has 0 aliphatic rings. The van der Waals surface area contributed by atoms with Gasteiger partial charge in [-0.15, -0.1) is 0 Å². The van der Waals surface area contributed by atoms with Crippen molar-refractivity contribution in [2.24, 2.45) is 0 Å². The number of hydrogen-bond donors (Lipinski definition) is 14. The summed E-state index contributed by atoms with van der Waals surface area (Å²) >= 11 is 0. The van der Waals surface area contributed by atoms with Crippen molar-refractivity contribution in [3.63, 3.8) is 0 Å². The SMILES string of the molecule is CCCCCCCC/C=C\CCCCCCCCNC(=O)C(CCCCNC(=O)CCCCC(=O)NCCCCC(NC(=O)C(CO)NC(=O)C(CCCCNC(=O)OC(C)(C)C)NC(=O)OC(C)(C)C)C(=O)NCCCCCCCC/C=C\CCCCCCCC)NC(=O)C(CO)NC(=O)C(CCCCNC(=O)OC(C)(C)C)NC(=O)OC(C)(C)C. The Morgan fingerprint density at radius 2 is 0.467 bits per heavy atom. The molecule has 0 saturated carbocycles. The molecule has 6 unspecified atom stereocenters. The lowest BCUT2D eigenvalue weighted by molar-refractivity contribution is -0.133. The maximum atomic E-state index is 13.9. The van der Waals surface area contributed by atoms with E-state index in [1.165, 1.54) is 77.0 Å². The minimum absolute atomic E-state index is 0.0755. The summed E-state index contributed by atoms with van der Waals surface area (Å²) in [6.07, 6.45) is 42.7. The zero-order valence-electron chi connectivity index (χ0n) is 78.0. The van der Waals surface area contributed by atoms with Crippen LogP contribution in [0.3, 0.4) is 0 Å². The second-order valence-electron chi connectivity index (χ2n) is 36.2. The lowest BCUT2D eigenvalue weighted by Crippen LogP contribution is -2.58. The predicted octanol–water partition coefficient (Wildman–Crippen LogP) is 14.5. The van der Waals surface area contributed by atoms with Crippen LogP contribution >= 0.6 is 0 Å². The zero-order valence-corrected chi connectivity index (χ0v) is 78.0. The number of alkyl carbamates (subject to hydrolysis) is 4. The van der Waals surface area contributed by atoms with Gasteiger partial charge >= 0.3 is 24.4 Å². The van der Waals surface area contributed by atoms with Crippen LogP contribution in [-0.2, 0) is 57.3 Å². The first kappa shape index (κ1) is 114. The van der Waals surface area contributed by atoms with Gasteiger partial charge in [0.1, 0.15) is 58.7 Å². The Bertz CT molecular complexity index is 2750. The van der Waals surface area contributed by atoms with E-state index in [9.17, 15) is 67.7 Å². The number of unbranched alkanes of at least 4 members (excludes halogenated alkanes) is 29. The van der Waals surface area contributed by atoms with Crippen LogP contribution in [0, 0.1) is 0 Å². The molecule has 30 nitrogen and oxygen atoms in total. The van der Waals surface area contributed by atoms with Gasteiger partial charge in [0.05, 0.1) is 13.2 Å². The van der Waals surface area contributed by atoms with Crippen LogP contribution in [0.1, 0.15) is 379 Å². The first-order valence-corrected chi connectivity index (χ1v) is 46.7. The Morgan fingerprint density at radius 1 is 0.246 bits per heavy atom. The van der Waals surface area contributed by atoms with Gasteiger partial charge in [-0.2, -0.15) is 0 Å². The zero-order chi connectivity index (χ0) is 91.3. The Balaban J connectivity index is 5.89. The standard InChI is InChI=1S/C92H170N12O18/c1-15-17-19-21-23-25-27-29-31-33-35-37-39-41-43-51-65-95-79(109)71(99-83(113)75(69-105)101-81(111)73(103-87(117)121-91(9,10)11)59-49-55-67-97-85(115)119-89(3,4)5)57-47-53-63-93-77(107)61-45-46-62-78(108)94-64-54-48-58-72(80(110)96-66-52-44-42-40-38-36-34-32-30-28-26-24-22-20-18-16-2)100-84(114)76(70-106)102-82(112)74(104-88(118)122-92(12,13)14)60-50-56-68-98-86(116)120-90(6,7)8/h29-32,71-76,105-106H,15-28,33-70H2,1-14H3,(H,93,107)(H,94,108)(H,95,109)(H,96,110)(H,97,115)(H,98,116)(H,99,113)(H,100,114)(H,101,111)(H,102,112)(H,103,117)(H,104,118)/b31-29-,32-30-. The van der Waals surface area contributed by atoms with Crippen LogP contribution in [0.15, 0.2) is 24.3 Å². The second kappa shape index (κ2) is 70.5. The molecular weight excluding hydrogens is 1560 g/mol. The van der Waals surface area contributed by atoms with Crippen molar-refractivity contribution >= 4 is 71.6 Å². The summed E-state index contributed by atoms with van der Waals surface area (Å²) in [5.41, 5.74) is -3.20. The third-order valence-electron chi connectivity index (χ3n) is 19.6. The number of carbonyl (C=O) groups excluding carboxylic acids is 12. The van der Waals surface area contributed by atoms with Crippen molar-refractivity contribution in [1.29, 1.82) is 0 Å². The summed E-state index contributed by atoms with van der Waals surface area (Å²) in [6.45, 7) is 24.9. The molecule has 122 heavy (non-hydrogen) atoms. The van der Waals surface area contributed by atoms with Crippen LogP contribution in [0.2, 0.25) is 0 Å². The van der Waals surface area contributed by atoms with Gasteiger partial charge in [-0.25, -0.2) is 19.2 Å². The molecule has 0 heterocycles. The molecule has 12 amide bonds. The Hall–Kier alpha value is -7.76. The molecule has 0 saturated heterocycles. The average molecular weight is 1730 g/mol. The highest BCUT2D eigenvalue weighted by molar-refractivity contribution is 5.95. The normalized spacial score (nSPS) is 13.3. The molecule has 0 aliphatic heterocycles. The first-order valence-electron chi connectivity index (χ1n) is 46.7. The Kier molecular flexibility index (Phi) is 66.0. The molecule has 30 heteroatoms. The van der Waals surface area contributed by atoms with Crippen molar-refractivity contribution in [2.75, 3.05) is 52.5 Å². The van der Waals surface area contributed by atoms with E-state index in [1.807, 2.05) is 0 Å². The Morgan fingerprint density at radius 3 is 0.746 bits per heavy atom. The van der Waals surface area contributed by atoms with Crippen LogP contribution in [0.5, 0.6) is 0 Å². The predicted molar refractivity (Wildman–Crippen MR) is 481 cm³/mol. The van der Waals surface area contributed by atoms with Crippen LogP contribution in [0.25, 0.3) is 0 Å². The lowest BCUT2D eigenvalue weighted by atomic mass is 10.1. The average Bonchev–Trinajstić information content (AvgIpc) is 0.872. The van der Waals surface area contributed by atoms with E-state index in [1.54, 1.807) is 83.1 Å². The van der Waals surface area contributed by atoms with Gasteiger partial charge in [-0.05, 0) is 237 Å². The number of amides is 12. The van der Waals surface area contributed by atoms with Gasteiger partial charge < -0.3 is 93.0 Å². The summed E-state index contributed by atoms with van der Waals surface area (Å²) in [5.74, 6) is -4.60. The largest absolute Gasteiger partial charge is 0.444 e. The number of allylic oxidation sites excluding steroid dienone is 4. The molecule has 0 rings (SSSR count). The van der Waals surface area contributed by atoms with Gasteiger partial charge in [0, 0.05) is 52.1 Å². The first-order chi connectivity index (χ1) is 57.9. The molecule has 0 aliphatic carbocycles. The number of hydrogen-bond acceptors (Lipinski definition) is 18. The number of aliphatic hydroxyl groups is 2. The van der Waals surface area contributed by atoms with Crippen molar-refractivity contribution < 1.29 is 86.7 Å². The van der Waals surface area contributed by atoms with Gasteiger partial charge in [-0.3, -0.25) is 38.4 Å². The molecule has 706 valence electrons. The number of aliphatic hydroxyl groups excluding tert-OH is 2. The van der Waals surface area contributed by atoms with Crippen molar-refractivity contribution in [1.82, 2.24) is 63.8 Å². The molecule has 0 spiro atoms. The molecule has 14 N–H and O–H groups in total. The van der Waals surface area contributed by atoms with E-state index in [2.05, 4.69) is 102 Å². The Labute approximate surface area is 733 Å². The van der Waals surface area contributed by atoms with Gasteiger partial charge in [0.15, 0.2) is 0 Å². The fourth-order valence-corrected chi connectivity index (χ4v) is 13.0. The van der Waals surface area contributed by atoms with E-state index in [0.717, 1.165) is 103 Å². The topological polar surface area (TPSA) is 427 Å². The van der Waals surface area contributed by atoms with E-state index in [4.69, 9.17) is 18.9 Å². The van der Waals surface area contributed by atoms with Gasteiger partial charge in [-0.1, -0.05) is 154 Å². The molecule has 0 aromatic carbocycles. The summed E-state index contributed by atoms with van der Waals surface area (Å²) in [5, 5.41) is 53.6. The summed E-state index contributed by atoms with van der Waals surface area (Å²) in [4.78, 5) is 160. The molecule has 0 radical (unpaired) electrons. The van der Waals surface area contributed by atoms with Crippen LogP contribution < -0.4 is 63.8 Å². The van der Waals surface area contributed by atoms with Gasteiger partial charge in [0.2, 0.25) is 47.3 Å². The molecule has 0 aromatic rings. The monoisotopic (exact) mass is 1730 g/mol. The lowest BCUT2D eigenvalue weighted by Gasteiger charge is -2.26. The molecule has 0 bridgehead atoms. The smallest absolute Gasteiger partial charge is 0.408 e. The third-order valence-corrected chi connectivity index (χ3v) is 19.6. The fourth-order valence-electron chi connectivity index (χ4n) is 13.0. The van der Waals surface area contributed by atoms with Gasteiger partial charge in [0.25, 0.3) is 0 Å². The molecule has 0 aromatic heterocycles. The van der Waals surface area contributed by atoms with Crippen molar-refractivity contribution in [3.8, 4) is 0 Å². The second-order valence-corrected chi connectivity index (χ2v) is 36.2. The maximum absolute atomic E-state index is 13.9. The molecule has 0 fully saturated rings. The summed E-state index contributed by atoms with van der Waals surface area (Å²) in [7, 11) is 0. The van der Waals surface area contributed by atoms with E-state index >= 15 is 0 Å². The highest BCUT2D eigenvalue weighted by Gasteiger charge is 2.33. The van der Waals surface area contributed by atoms with Crippen LogP contribution in [0.4, 0.5) is 19.2 Å². The third kappa shape index (κ3) is 69.6. The fraction of sp³-hybridized carbons (Fsp3) is 0.826. The van der Waals surface area contributed by atoms with E-state index in [0.29, 0.717) is 77.3 Å². The summed E-state index contributed by atoms with van der Waals surface area (Å²) < 4.78 is 21.4. The van der Waals surface area contributed by atoms with E-state index in [-0.39, 0.29) is 76.5 Å². The number of rotatable bonds is 71. The maximum Gasteiger partial charge on any atom is 0.408 e. The minimum atomic E-state index is -1.52. The van der Waals surface area contributed by atoms with Crippen LogP contribution in [-0.4, -0.2) is 193 Å². The number of nitrogens with one attached hydrogen (secondary N) is 12. The minimum Gasteiger partial charge on any atom is -0.444 e. The number of ether oxygens (including phenoxy) is 4. The number of carbonyl (C=O) groups is 12. The highest BCUT2D eigenvalue weighted by Crippen LogP contribution is 2.18. The quantitative estimate of drug-likeness (QED) is 0.0153. The van der Waals surface area contributed by atoms with E-state index < -0.39 is 132 Å². The summed E-state index contributed by atoms with van der Waals surface area (Å²) in [6, 6.07) is -7.60.